The van der Waals surface area contributed by atoms with E-state index in [9.17, 15) is 5.11 Å². The summed E-state index contributed by atoms with van der Waals surface area (Å²) in [6.45, 7) is 4.21. The van der Waals surface area contributed by atoms with E-state index in [4.69, 9.17) is 4.74 Å². The summed E-state index contributed by atoms with van der Waals surface area (Å²) >= 11 is 0. The van der Waals surface area contributed by atoms with Crippen molar-refractivity contribution in [3.05, 3.63) is 53.9 Å². The fraction of sp³-hybridized carbons (Fsp3) is 0.267. The fourth-order valence-corrected chi connectivity index (χ4v) is 1.70. The molecule has 1 heterocycles. The Hall–Kier alpha value is -1.87. The molecule has 0 unspecified atom stereocenters. The average Bonchev–Trinajstić information content (AvgIpc) is 2.39. The summed E-state index contributed by atoms with van der Waals surface area (Å²) in [4.78, 5) is 3.96. The van der Waals surface area contributed by atoms with Crippen molar-refractivity contribution >= 4 is 0 Å². The first kappa shape index (κ1) is 12.6. The molecule has 3 nitrogen and oxygen atoms in total. The van der Waals surface area contributed by atoms with Crippen LogP contribution < -0.4 is 4.74 Å². The maximum absolute atomic E-state index is 9.22. The smallest absolute Gasteiger partial charge is 0.136 e. The Bertz CT molecular complexity index is 523. The van der Waals surface area contributed by atoms with E-state index < -0.39 is 0 Å². The number of ether oxygens (including phenoxy) is 1. The predicted molar refractivity (Wildman–Crippen MR) is 70.8 cm³/mol. The molecule has 0 fully saturated rings. The van der Waals surface area contributed by atoms with Crippen LogP contribution in [0.2, 0.25) is 0 Å². The summed E-state index contributed by atoms with van der Waals surface area (Å²) in [5, 5.41) is 9.22. The predicted octanol–water partition coefficient (Wildman–Crippen LogP) is 3.49. The van der Waals surface area contributed by atoms with E-state index in [1.54, 1.807) is 18.5 Å². The van der Waals surface area contributed by atoms with E-state index in [1.165, 1.54) is 5.56 Å². The minimum absolute atomic E-state index is 0.0763. The number of pyridine rings is 1. The highest BCUT2D eigenvalue weighted by Gasteiger charge is 2.05. The first-order valence-corrected chi connectivity index (χ1v) is 6.02. The summed E-state index contributed by atoms with van der Waals surface area (Å²) in [7, 11) is 0. The maximum atomic E-state index is 9.22. The average molecular weight is 243 g/mol. The molecule has 94 valence electrons. The van der Waals surface area contributed by atoms with Gasteiger partial charge in [-0.1, -0.05) is 26.0 Å². The third-order valence-corrected chi connectivity index (χ3v) is 2.78. The molecule has 1 aromatic heterocycles. The van der Waals surface area contributed by atoms with Gasteiger partial charge in [-0.25, -0.2) is 0 Å². The van der Waals surface area contributed by atoms with Gasteiger partial charge in [-0.15, -0.1) is 0 Å². The van der Waals surface area contributed by atoms with Crippen molar-refractivity contribution in [1.82, 2.24) is 4.98 Å². The van der Waals surface area contributed by atoms with Gasteiger partial charge >= 0.3 is 0 Å². The van der Waals surface area contributed by atoms with Crippen LogP contribution in [0.4, 0.5) is 0 Å². The van der Waals surface area contributed by atoms with Crippen LogP contribution in [0, 0.1) is 0 Å². The van der Waals surface area contributed by atoms with Crippen LogP contribution in [0.25, 0.3) is 0 Å². The summed E-state index contributed by atoms with van der Waals surface area (Å²) in [5.41, 5.74) is 1.92. The Morgan fingerprint density at radius 1 is 1.28 bits per heavy atom. The van der Waals surface area contributed by atoms with Gasteiger partial charge in [0.2, 0.25) is 0 Å². The minimum Gasteiger partial charge on any atom is -0.457 e. The van der Waals surface area contributed by atoms with E-state index in [-0.39, 0.29) is 6.61 Å². The second-order valence-corrected chi connectivity index (χ2v) is 4.47. The van der Waals surface area contributed by atoms with Gasteiger partial charge in [0, 0.05) is 18.0 Å². The highest BCUT2D eigenvalue weighted by Crippen LogP contribution is 2.27. The zero-order chi connectivity index (χ0) is 13.0. The number of aliphatic hydroxyl groups is 1. The number of aromatic nitrogens is 1. The zero-order valence-electron chi connectivity index (χ0n) is 10.6. The highest BCUT2D eigenvalue weighted by molar-refractivity contribution is 5.37. The molecular weight excluding hydrogens is 226 g/mol. The second kappa shape index (κ2) is 5.65. The molecule has 0 saturated heterocycles. The van der Waals surface area contributed by atoms with Gasteiger partial charge in [0.25, 0.3) is 0 Å². The van der Waals surface area contributed by atoms with Gasteiger partial charge in [-0.05, 0) is 29.7 Å². The molecule has 0 atom stereocenters. The van der Waals surface area contributed by atoms with Crippen LogP contribution in [0.5, 0.6) is 11.5 Å². The molecule has 1 N–H and O–H groups in total. The second-order valence-electron chi connectivity index (χ2n) is 4.47. The van der Waals surface area contributed by atoms with E-state index in [0.717, 1.165) is 5.75 Å². The molecule has 0 bridgehead atoms. The van der Waals surface area contributed by atoms with Crippen LogP contribution in [-0.4, -0.2) is 10.1 Å². The van der Waals surface area contributed by atoms with Gasteiger partial charge < -0.3 is 9.84 Å². The molecule has 0 amide bonds. The summed E-state index contributed by atoms with van der Waals surface area (Å²) in [6, 6.07) is 9.74. The van der Waals surface area contributed by atoms with Crippen molar-refractivity contribution in [2.75, 3.05) is 0 Å². The third kappa shape index (κ3) is 2.87. The van der Waals surface area contributed by atoms with Gasteiger partial charge in [-0.2, -0.15) is 0 Å². The lowest BCUT2D eigenvalue weighted by atomic mass is 10.0. The molecule has 0 aliphatic rings. The number of hydrogen-bond donors (Lipinski definition) is 1. The quantitative estimate of drug-likeness (QED) is 0.893. The maximum Gasteiger partial charge on any atom is 0.136 e. The van der Waals surface area contributed by atoms with Crippen molar-refractivity contribution in [3.63, 3.8) is 0 Å². The van der Waals surface area contributed by atoms with Crippen molar-refractivity contribution in [1.29, 1.82) is 0 Å². The van der Waals surface area contributed by atoms with Crippen LogP contribution in [0.3, 0.4) is 0 Å². The molecule has 2 aromatic rings. The van der Waals surface area contributed by atoms with E-state index >= 15 is 0 Å². The molecule has 18 heavy (non-hydrogen) atoms. The molecule has 2 rings (SSSR count). The lowest BCUT2D eigenvalue weighted by Gasteiger charge is -2.11. The molecule has 0 aliphatic heterocycles. The fourth-order valence-electron chi connectivity index (χ4n) is 1.70. The van der Waals surface area contributed by atoms with Crippen LogP contribution in [0.1, 0.15) is 30.9 Å². The molecule has 0 radical (unpaired) electrons. The van der Waals surface area contributed by atoms with Crippen molar-refractivity contribution in [3.8, 4) is 11.5 Å². The summed E-state index contributed by atoms with van der Waals surface area (Å²) < 4.78 is 5.79. The zero-order valence-corrected chi connectivity index (χ0v) is 10.6. The molecule has 1 aromatic carbocycles. The Morgan fingerprint density at radius 3 is 2.83 bits per heavy atom. The van der Waals surface area contributed by atoms with Crippen molar-refractivity contribution in [2.45, 2.75) is 26.4 Å². The summed E-state index contributed by atoms with van der Waals surface area (Å²) in [5.74, 6) is 1.89. The van der Waals surface area contributed by atoms with Crippen LogP contribution in [-0.2, 0) is 6.61 Å². The first-order valence-electron chi connectivity index (χ1n) is 6.02. The first-order chi connectivity index (χ1) is 8.70. The van der Waals surface area contributed by atoms with Gasteiger partial charge in [0.15, 0.2) is 0 Å². The van der Waals surface area contributed by atoms with E-state index in [0.29, 0.717) is 17.2 Å². The standard InChI is InChI=1S/C15H17NO2/c1-11(2)12-4-3-5-14(8-12)18-15-6-7-16-9-13(15)10-17/h3-9,11,17H,10H2,1-2H3. The number of aliphatic hydroxyl groups excluding tert-OH is 1. The Morgan fingerprint density at radius 2 is 2.11 bits per heavy atom. The molecule has 3 heteroatoms. The van der Waals surface area contributed by atoms with E-state index in [2.05, 4.69) is 24.9 Å². The molecular formula is C15H17NO2. The van der Waals surface area contributed by atoms with Crippen molar-refractivity contribution < 1.29 is 9.84 Å². The third-order valence-electron chi connectivity index (χ3n) is 2.78. The van der Waals surface area contributed by atoms with Crippen LogP contribution >= 0.6 is 0 Å². The number of benzene rings is 1. The lowest BCUT2D eigenvalue weighted by Crippen LogP contribution is -1.94. The molecule has 0 aliphatic carbocycles. The van der Waals surface area contributed by atoms with Gasteiger partial charge in [0.1, 0.15) is 11.5 Å². The van der Waals surface area contributed by atoms with Crippen LogP contribution in [0.15, 0.2) is 42.7 Å². The van der Waals surface area contributed by atoms with Gasteiger partial charge in [0.05, 0.1) is 6.61 Å². The number of nitrogens with zero attached hydrogens (tertiary/aromatic N) is 1. The topological polar surface area (TPSA) is 42.4 Å². The van der Waals surface area contributed by atoms with Crippen molar-refractivity contribution in [2.24, 2.45) is 0 Å². The molecule has 0 spiro atoms. The normalized spacial score (nSPS) is 10.7. The Kier molecular flexibility index (Phi) is 3.95. The highest BCUT2D eigenvalue weighted by atomic mass is 16.5. The number of hydrogen-bond acceptors (Lipinski definition) is 3. The number of rotatable bonds is 4. The lowest BCUT2D eigenvalue weighted by molar-refractivity contribution is 0.276. The monoisotopic (exact) mass is 243 g/mol. The SMILES string of the molecule is CC(C)c1cccc(Oc2ccncc2CO)c1. The van der Waals surface area contributed by atoms with E-state index in [1.807, 2.05) is 18.2 Å². The Labute approximate surface area is 107 Å². The summed E-state index contributed by atoms with van der Waals surface area (Å²) in [6.07, 6.45) is 3.27. The molecule has 0 saturated carbocycles. The largest absolute Gasteiger partial charge is 0.457 e. The minimum atomic E-state index is -0.0763. The van der Waals surface area contributed by atoms with Gasteiger partial charge in [-0.3, -0.25) is 4.98 Å². The Balaban J connectivity index is 2.25.